The fourth-order valence-electron chi connectivity index (χ4n) is 1.56. The van der Waals surface area contributed by atoms with Crippen LogP contribution in [0.1, 0.15) is 26.3 Å². The molecule has 0 unspecified atom stereocenters. The molecule has 0 atom stereocenters. The third-order valence-corrected chi connectivity index (χ3v) is 2.86. The van der Waals surface area contributed by atoms with Crippen LogP contribution in [0.25, 0.3) is 0 Å². The molecule has 0 bridgehead atoms. The summed E-state index contributed by atoms with van der Waals surface area (Å²) in [7, 11) is 0. The molecule has 0 aliphatic heterocycles. The van der Waals surface area contributed by atoms with Crippen molar-refractivity contribution < 1.29 is 0 Å². The first kappa shape index (κ1) is 16.9. The van der Waals surface area contributed by atoms with E-state index in [1.165, 1.54) is 0 Å². The molecule has 2 N–H and O–H groups in total. The Morgan fingerprint density at radius 3 is 2.29 bits per heavy atom. The van der Waals surface area contributed by atoms with Crippen LogP contribution in [0, 0.1) is 28.1 Å². The average Bonchev–Trinajstić information content (AvgIpc) is 2.41. The van der Waals surface area contributed by atoms with E-state index < -0.39 is 0 Å². The first-order chi connectivity index (χ1) is 9.85. The lowest BCUT2D eigenvalue weighted by atomic mass is 9.97. The van der Waals surface area contributed by atoms with Gasteiger partial charge >= 0.3 is 0 Å². The number of allylic oxidation sites excluding steroid dienone is 2. The van der Waals surface area contributed by atoms with Gasteiger partial charge in [-0.1, -0.05) is 44.5 Å². The van der Waals surface area contributed by atoms with E-state index in [9.17, 15) is 10.5 Å². The molecule has 0 spiro atoms. The first-order valence-corrected chi connectivity index (χ1v) is 7.00. The summed E-state index contributed by atoms with van der Waals surface area (Å²) in [5, 5.41) is 25.0. The highest BCUT2D eigenvalue weighted by molar-refractivity contribution is 6.30. The van der Waals surface area contributed by atoms with Gasteiger partial charge in [0.15, 0.2) is 0 Å². The molecule has 110 valence electrons. The van der Waals surface area contributed by atoms with Gasteiger partial charge in [0.05, 0.1) is 0 Å². The maximum Gasteiger partial charge on any atom is 0.148 e. The fraction of sp³-hybridized carbons (Fsp3) is 0.375. The number of nitrogens with one attached hydrogen (secondary N) is 2. The van der Waals surface area contributed by atoms with Crippen molar-refractivity contribution in [1.29, 1.82) is 10.5 Å². The molecule has 0 saturated heterocycles. The Hall–Kier alpha value is -2.17. The van der Waals surface area contributed by atoms with Crippen LogP contribution < -0.4 is 10.6 Å². The summed E-state index contributed by atoms with van der Waals surface area (Å²) >= 11 is 5.91. The van der Waals surface area contributed by atoms with Gasteiger partial charge in [-0.15, -0.1) is 0 Å². The molecule has 1 rings (SSSR count). The largest absolute Gasteiger partial charge is 0.374 e. The number of halogens is 1. The third kappa shape index (κ3) is 6.21. The van der Waals surface area contributed by atoms with Crippen molar-refractivity contribution in [1.82, 2.24) is 10.6 Å². The Morgan fingerprint density at radius 1 is 1.14 bits per heavy atom. The quantitative estimate of drug-likeness (QED) is 0.818. The second kappa shape index (κ2) is 7.57. The fourth-order valence-corrected chi connectivity index (χ4v) is 1.77. The van der Waals surface area contributed by atoms with Crippen LogP contribution in [0.4, 0.5) is 0 Å². The molecule has 0 saturated carbocycles. The van der Waals surface area contributed by atoms with Crippen molar-refractivity contribution in [2.24, 2.45) is 5.41 Å². The second-order valence-corrected chi connectivity index (χ2v) is 6.31. The minimum atomic E-state index is 0.0234. The summed E-state index contributed by atoms with van der Waals surface area (Å²) in [6.45, 7) is 7.22. The van der Waals surface area contributed by atoms with Crippen molar-refractivity contribution in [3.63, 3.8) is 0 Å². The number of benzene rings is 1. The molecule has 0 heterocycles. The Balaban J connectivity index is 2.78. The van der Waals surface area contributed by atoms with Gasteiger partial charge in [0, 0.05) is 18.1 Å². The predicted octanol–water partition coefficient (Wildman–Crippen LogP) is 3.32. The van der Waals surface area contributed by atoms with Crippen LogP contribution >= 0.6 is 11.6 Å². The van der Waals surface area contributed by atoms with Crippen molar-refractivity contribution >= 4 is 11.6 Å². The zero-order chi connectivity index (χ0) is 15.9. The third-order valence-electron chi connectivity index (χ3n) is 2.63. The van der Waals surface area contributed by atoms with E-state index in [-0.39, 0.29) is 16.8 Å². The van der Waals surface area contributed by atoms with E-state index >= 15 is 0 Å². The summed E-state index contributed by atoms with van der Waals surface area (Å²) in [4.78, 5) is 0. The minimum Gasteiger partial charge on any atom is -0.374 e. The summed E-state index contributed by atoms with van der Waals surface area (Å²) in [5.74, 6) is 0. The molecule has 1 aromatic rings. The van der Waals surface area contributed by atoms with Crippen LogP contribution in [-0.2, 0) is 6.54 Å². The Bertz CT molecular complexity index is 600. The Labute approximate surface area is 131 Å². The van der Waals surface area contributed by atoms with Gasteiger partial charge in [0.25, 0.3) is 0 Å². The van der Waals surface area contributed by atoms with Gasteiger partial charge in [0.1, 0.15) is 23.5 Å². The van der Waals surface area contributed by atoms with Gasteiger partial charge < -0.3 is 10.6 Å². The molecular weight excluding hydrogens is 284 g/mol. The summed E-state index contributed by atoms with van der Waals surface area (Å²) in [5.41, 5.74) is 1.47. The highest BCUT2D eigenvalue weighted by atomic mass is 35.5. The standard InChI is InChI=1S/C16H19ClN4/c1-16(2,3)11-21-15(9-19)14(8-18)20-10-12-5-4-6-13(17)7-12/h4-7,20-21H,10-11H2,1-3H3/b15-14-. The van der Waals surface area contributed by atoms with Gasteiger partial charge in [-0.05, 0) is 23.1 Å². The Kier molecular flexibility index (Phi) is 6.09. The molecule has 0 aromatic heterocycles. The van der Waals surface area contributed by atoms with E-state index in [0.29, 0.717) is 18.1 Å². The lowest BCUT2D eigenvalue weighted by Gasteiger charge is -2.19. The molecule has 1 aromatic carbocycles. The van der Waals surface area contributed by atoms with Crippen molar-refractivity contribution in [3.8, 4) is 12.1 Å². The number of nitrogens with zero attached hydrogens (tertiary/aromatic N) is 2. The molecule has 21 heavy (non-hydrogen) atoms. The van der Waals surface area contributed by atoms with E-state index in [2.05, 4.69) is 31.4 Å². The van der Waals surface area contributed by atoms with E-state index in [1.807, 2.05) is 30.3 Å². The average molecular weight is 303 g/mol. The molecule has 0 aliphatic rings. The van der Waals surface area contributed by atoms with Gasteiger partial charge in [-0.25, -0.2) is 0 Å². The van der Waals surface area contributed by atoms with Crippen LogP contribution in [0.15, 0.2) is 35.7 Å². The van der Waals surface area contributed by atoms with Gasteiger partial charge in [0.2, 0.25) is 0 Å². The monoisotopic (exact) mass is 302 g/mol. The molecule has 0 fully saturated rings. The molecule has 5 heteroatoms. The maximum absolute atomic E-state index is 9.20. The zero-order valence-electron chi connectivity index (χ0n) is 12.5. The highest BCUT2D eigenvalue weighted by Crippen LogP contribution is 2.13. The van der Waals surface area contributed by atoms with Crippen LogP contribution in [0.2, 0.25) is 5.02 Å². The summed E-state index contributed by atoms with van der Waals surface area (Å²) in [6, 6.07) is 11.4. The maximum atomic E-state index is 9.20. The van der Waals surface area contributed by atoms with Gasteiger partial charge in [-0.3, -0.25) is 0 Å². The van der Waals surface area contributed by atoms with Gasteiger partial charge in [-0.2, -0.15) is 10.5 Å². The molecule has 0 radical (unpaired) electrons. The number of nitriles is 2. The van der Waals surface area contributed by atoms with Crippen molar-refractivity contribution in [2.75, 3.05) is 6.54 Å². The van der Waals surface area contributed by atoms with Crippen LogP contribution in [-0.4, -0.2) is 6.54 Å². The Morgan fingerprint density at radius 2 is 1.76 bits per heavy atom. The normalized spacial score (nSPS) is 11.9. The summed E-state index contributed by atoms with van der Waals surface area (Å²) in [6.07, 6.45) is 0. The van der Waals surface area contributed by atoms with E-state index in [0.717, 1.165) is 5.56 Å². The number of rotatable bonds is 5. The van der Waals surface area contributed by atoms with Crippen molar-refractivity contribution in [2.45, 2.75) is 27.3 Å². The predicted molar refractivity (Wildman–Crippen MR) is 84.0 cm³/mol. The van der Waals surface area contributed by atoms with E-state index in [1.54, 1.807) is 6.07 Å². The highest BCUT2D eigenvalue weighted by Gasteiger charge is 2.13. The lowest BCUT2D eigenvalue weighted by molar-refractivity contribution is 0.398. The number of hydrogen-bond acceptors (Lipinski definition) is 4. The zero-order valence-corrected chi connectivity index (χ0v) is 13.3. The van der Waals surface area contributed by atoms with E-state index in [4.69, 9.17) is 11.6 Å². The van der Waals surface area contributed by atoms with Crippen LogP contribution in [0.5, 0.6) is 0 Å². The van der Waals surface area contributed by atoms with Crippen molar-refractivity contribution in [3.05, 3.63) is 46.2 Å². The smallest absolute Gasteiger partial charge is 0.148 e. The van der Waals surface area contributed by atoms with Crippen LogP contribution in [0.3, 0.4) is 0 Å². The first-order valence-electron chi connectivity index (χ1n) is 6.62. The molecule has 0 amide bonds. The molecule has 4 nitrogen and oxygen atoms in total. The SMILES string of the molecule is CC(C)(C)CN/C(C#N)=C(/C#N)NCc1cccc(Cl)c1. The number of hydrogen-bond donors (Lipinski definition) is 2. The second-order valence-electron chi connectivity index (χ2n) is 5.87. The topological polar surface area (TPSA) is 71.6 Å². The summed E-state index contributed by atoms with van der Waals surface area (Å²) < 4.78 is 0. The minimum absolute atomic E-state index is 0.0234. The molecule has 0 aliphatic carbocycles. The lowest BCUT2D eigenvalue weighted by Crippen LogP contribution is -2.28. The molecular formula is C16H19ClN4.